The van der Waals surface area contributed by atoms with Gasteiger partial charge in [0.1, 0.15) is 12.3 Å². The van der Waals surface area contributed by atoms with Gasteiger partial charge < -0.3 is 14.8 Å². The molecule has 0 spiro atoms. The number of sulfonamides is 1. The number of hydrogen-bond acceptors (Lipinski definition) is 6. The number of carbonyl (C=O) groups is 2. The Labute approximate surface area is 199 Å². The molecular weight excluding hydrogens is 456 g/mol. The molecule has 9 heteroatoms. The number of amides is 1. The first-order chi connectivity index (χ1) is 16.3. The predicted octanol–water partition coefficient (Wildman–Crippen LogP) is 4.01. The first-order valence-corrected chi connectivity index (χ1v) is 12.0. The highest BCUT2D eigenvalue weighted by molar-refractivity contribution is 7.92. The molecule has 0 aromatic heterocycles. The Morgan fingerprint density at radius 1 is 0.971 bits per heavy atom. The molecule has 178 valence electrons. The quantitative estimate of drug-likeness (QED) is 0.462. The van der Waals surface area contributed by atoms with Gasteiger partial charge in [0.25, 0.3) is 10.0 Å². The van der Waals surface area contributed by atoms with Crippen LogP contribution < -0.4 is 14.4 Å². The first-order valence-electron chi connectivity index (χ1n) is 10.6. The smallest absolute Gasteiger partial charge is 0.340 e. The summed E-state index contributed by atoms with van der Waals surface area (Å²) in [7, 11) is -2.62. The third-order valence-electron chi connectivity index (χ3n) is 4.93. The fraction of sp³-hybridized carbons (Fsp3) is 0.200. The minimum absolute atomic E-state index is 0.0423. The van der Waals surface area contributed by atoms with Crippen molar-refractivity contribution in [3.63, 3.8) is 0 Å². The zero-order valence-electron chi connectivity index (χ0n) is 19.1. The molecule has 0 saturated carbocycles. The van der Waals surface area contributed by atoms with E-state index in [1.807, 2.05) is 6.92 Å². The van der Waals surface area contributed by atoms with E-state index in [0.717, 1.165) is 9.87 Å². The zero-order valence-corrected chi connectivity index (χ0v) is 20.0. The molecule has 3 aromatic carbocycles. The fourth-order valence-electron chi connectivity index (χ4n) is 3.22. The molecule has 34 heavy (non-hydrogen) atoms. The lowest BCUT2D eigenvalue weighted by Gasteiger charge is -2.24. The van der Waals surface area contributed by atoms with E-state index in [1.165, 1.54) is 31.4 Å². The number of anilines is 2. The molecule has 0 heterocycles. The molecule has 3 rings (SSSR count). The van der Waals surface area contributed by atoms with Gasteiger partial charge >= 0.3 is 5.97 Å². The maximum absolute atomic E-state index is 13.5. The van der Waals surface area contributed by atoms with E-state index in [2.05, 4.69) is 5.32 Å². The van der Waals surface area contributed by atoms with E-state index >= 15 is 0 Å². The Morgan fingerprint density at radius 2 is 1.68 bits per heavy atom. The van der Waals surface area contributed by atoms with Crippen LogP contribution >= 0.6 is 0 Å². The molecule has 0 aliphatic heterocycles. The van der Waals surface area contributed by atoms with Gasteiger partial charge in [0.2, 0.25) is 5.91 Å². The van der Waals surface area contributed by atoms with Crippen LogP contribution in [0.5, 0.6) is 5.75 Å². The number of methoxy groups -OCH3 is 1. The maximum Gasteiger partial charge on any atom is 0.340 e. The Balaban J connectivity index is 1.96. The summed E-state index contributed by atoms with van der Waals surface area (Å²) in [5, 5.41) is 2.63. The predicted molar refractivity (Wildman–Crippen MR) is 130 cm³/mol. The lowest BCUT2D eigenvalue weighted by Crippen LogP contribution is -2.38. The summed E-state index contributed by atoms with van der Waals surface area (Å²) in [5.74, 6) is -0.778. The van der Waals surface area contributed by atoms with Gasteiger partial charge in [0, 0.05) is 6.07 Å². The summed E-state index contributed by atoms with van der Waals surface area (Å²) in [6.07, 6.45) is 0. The highest BCUT2D eigenvalue weighted by atomic mass is 32.2. The molecule has 0 fully saturated rings. The van der Waals surface area contributed by atoms with E-state index in [0.29, 0.717) is 5.75 Å². The number of benzene rings is 3. The molecule has 3 aromatic rings. The molecule has 0 aliphatic rings. The highest BCUT2D eigenvalue weighted by Crippen LogP contribution is 2.27. The summed E-state index contributed by atoms with van der Waals surface area (Å²) >= 11 is 0. The first kappa shape index (κ1) is 24.8. The van der Waals surface area contributed by atoms with Gasteiger partial charge in [-0.2, -0.15) is 0 Å². The van der Waals surface area contributed by atoms with Gasteiger partial charge in [0.05, 0.1) is 35.6 Å². The summed E-state index contributed by atoms with van der Waals surface area (Å²) in [6.45, 7) is 3.19. The fourth-order valence-corrected chi connectivity index (χ4v) is 4.63. The summed E-state index contributed by atoms with van der Waals surface area (Å²) in [6, 6.07) is 19.2. The van der Waals surface area contributed by atoms with Crippen molar-refractivity contribution in [1.29, 1.82) is 0 Å². The number of carbonyl (C=O) groups excluding carboxylic acids is 2. The molecule has 0 unspecified atom stereocenters. The van der Waals surface area contributed by atoms with Crippen LogP contribution in [0.15, 0.2) is 77.7 Å². The lowest BCUT2D eigenvalue weighted by molar-refractivity contribution is -0.114. The molecule has 0 bridgehead atoms. The number of ether oxygens (including phenoxy) is 2. The molecular formula is C25H26N2O6S. The normalized spacial score (nSPS) is 10.9. The Morgan fingerprint density at radius 3 is 2.35 bits per heavy atom. The van der Waals surface area contributed by atoms with E-state index in [4.69, 9.17) is 9.47 Å². The van der Waals surface area contributed by atoms with Crippen LogP contribution in [0.25, 0.3) is 0 Å². The molecule has 1 N–H and O–H groups in total. The number of esters is 1. The monoisotopic (exact) mass is 482 g/mol. The molecule has 0 atom stereocenters. The van der Waals surface area contributed by atoms with Crippen molar-refractivity contribution in [2.24, 2.45) is 0 Å². The van der Waals surface area contributed by atoms with Crippen molar-refractivity contribution >= 4 is 33.3 Å². The van der Waals surface area contributed by atoms with Crippen LogP contribution in [0.3, 0.4) is 0 Å². The van der Waals surface area contributed by atoms with Crippen molar-refractivity contribution in [3.8, 4) is 5.75 Å². The van der Waals surface area contributed by atoms with Crippen molar-refractivity contribution in [1.82, 2.24) is 0 Å². The molecule has 1 amide bonds. The second-order valence-electron chi connectivity index (χ2n) is 7.34. The van der Waals surface area contributed by atoms with Crippen molar-refractivity contribution in [3.05, 3.63) is 83.9 Å². The Kier molecular flexibility index (Phi) is 7.91. The number of aryl methyl sites for hydroxylation is 1. The zero-order chi connectivity index (χ0) is 24.7. The van der Waals surface area contributed by atoms with Crippen LogP contribution in [0, 0.1) is 6.92 Å². The summed E-state index contributed by atoms with van der Waals surface area (Å²) in [5.41, 5.74) is 1.56. The average Bonchev–Trinajstić information content (AvgIpc) is 2.83. The van der Waals surface area contributed by atoms with Gasteiger partial charge in [-0.25, -0.2) is 13.2 Å². The number of rotatable bonds is 9. The summed E-state index contributed by atoms with van der Waals surface area (Å²) < 4.78 is 38.3. The topological polar surface area (TPSA) is 102 Å². The molecule has 8 nitrogen and oxygen atoms in total. The molecule has 0 radical (unpaired) electrons. The highest BCUT2D eigenvalue weighted by Gasteiger charge is 2.28. The second-order valence-corrected chi connectivity index (χ2v) is 9.20. The number of para-hydroxylation sites is 1. The van der Waals surface area contributed by atoms with E-state index in [-0.39, 0.29) is 28.4 Å². The number of nitrogens with zero attached hydrogens (tertiary/aromatic N) is 1. The SMILES string of the molecule is CCOC(=O)c1ccccc1NC(=O)CN(c1cccc(OC)c1)S(=O)(=O)c1ccc(C)cc1. The molecule has 0 saturated heterocycles. The maximum atomic E-state index is 13.5. The minimum atomic E-state index is -4.09. The Bertz CT molecular complexity index is 1270. The Hall–Kier alpha value is -3.85. The molecule has 0 aliphatic carbocycles. The van der Waals surface area contributed by atoms with Gasteiger partial charge in [-0.15, -0.1) is 0 Å². The van der Waals surface area contributed by atoms with Crippen LogP contribution in [0.2, 0.25) is 0 Å². The third kappa shape index (κ3) is 5.74. The van der Waals surface area contributed by atoms with E-state index < -0.39 is 28.4 Å². The van der Waals surface area contributed by atoms with Crippen molar-refractivity contribution in [2.45, 2.75) is 18.7 Å². The second kappa shape index (κ2) is 10.8. The van der Waals surface area contributed by atoms with Crippen molar-refractivity contribution < 1.29 is 27.5 Å². The average molecular weight is 483 g/mol. The van der Waals surface area contributed by atoms with Gasteiger partial charge in [0.15, 0.2) is 0 Å². The van der Waals surface area contributed by atoms with E-state index in [9.17, 15) is 18.0 Å². The lowest BCUT2D eigenvalue weighted by atomic mass is 10.2. The van der Waals surface area contributed by atoms with Gasteiger partial charge in [-0.05, 0) is 50.2 Å². The van der Waals surface area contributed by atoms with Crippen LogP contribution in [0.4, 0.5) is 11.4 Å². The number of hydrogen-bond donors (Lipinski definition) is 1. The van der Waals surface area contributed by atoms with Crippen molar-refractivity contribution in [2.75, 3.05) is 29.9 Å². The van der Waals surface area contributed by atoms with Gasteiger partial charge in [-0.3, -0.25) is 9.10 Å². The van der Waals surface area contributed by atoms with Crippen LogP contribution in [-0.2, 0) is 19.6 Å². The van der Waals surface area contributed by atoms with Crippen LogP contribution in [0.1, 0.15) is 22.8 Å². The standard InChI is InChI=1S/C25H26N2O6S/c1-4-33-25(29)22-10-5-6-11-23(22)26-24(28)17-27(19-8-7-9-20(16-19)32-3)34(30,31)21-14-12-18(2)13-15-21/h5-16H,4,17H2,1-3H3,(H,26,28). The third-order valence-corrected chi connectivity index (χ3v) is 6.72. The van der Waals surface area contributed by atoms with E-state index in [1.54, 1.807) is 55.5 Å². The van der Waals surface area contributed by atoms with Gasteiger partial charge in [-0.1, -0.05) is 35.9 Å². The minimum Gasteiger partial charge on any atom is -0.497 e. The summed E-state index contributed by atoms with van der Waals surface area (Å²) in [4.78, 5) is 25.3. The van der Waals surface area contributed by atoms with Crippen LogP contribution in [-0.4, -0.2) is 40.6 Å². The largest absolute Gasteiger partial charge is 0.497 e. The number of nitrogens with one attached hydrogen (secondary N) is 1.